The van der Waals surface area contributed by atoms with E-state index in [-0.39, 0.29) is 16.9 Å². The molecular weight excluding hydrogens is 375 g/mol. The third-order valence-electron chi connectivity index (χ3n) is 5.84. The molecule has 0 unspecified atom stereocenters. The van der Waals surface area contributed by atoms with Crippen LogP contribution in [0.15, 0.2) is 42.5 Å². The smallest absolute Gasteiger partial charge is 0.426 e. The average Bonchev–Trinajstić information content (AvgIpc) is 2.72. The van der Waals surface area contributed by atoms with Gasteiger partial charge >= 0.3 is 6.11 Å². The zero-order valence-electron chi connectivity index (χ0n) is 16.6. The molecule has 29 heavy (non-hydrogen) atoms. The van der Waals surface area contributed by atoms with Crippen LogP contribution in [0.3, 0.4) is 0 Å². The van der Waals surface area contributed by atoms with Crippen molar-refractivity contribution in [3.05, 3.63) is 65.0 Å². The van der Waals surface area contributed by atoms with E-state index < -0.39 is 11.9 Å². The van der Waals surface area contributed by atoms with E-state index in [1.807, 2.05) is 0 Å². The van der Waals surface area contributed by atoms with Gasteiger partial charge in [-0.1, -0.05) is 38.3 Å². The van der Waals surface area contributed by atoms with Crippen LogP contribution in [-0.2, 0) is 6.11 Å². The summed E-state index contributed by atoms with van der Waals surface area (Å²) < 4.78 is 47.3. The summed E-state index contributed by atoms with van der Waals surface area (Å²) in [6, 6.07) is 11.0. The van der Waals surface area contributed by atoms with Gasteiger partial charge in [-0.15, -0.1) is 0 Å². The molecule has 1 saturated carbocycles. The van der Waals surface area contributed by atoms with Gasteiger partial charge in [-0.2, -0.15) is 14.0 Å². The zero-order valence-corrected chi connectivity index (χ0v) is 16.6. The van der Waals surface area contributed by atoms with Gasteiger partial charge in [-0.25, -0.2) is 4.39 Å². The minimum absolute atomic E-state index is 0.213. The maximum Gasteiger partial charge on any atom is 0.426 e. The van der Waals surface area contributed by atoms with Crippen molar-refractivity contribution in [2.45, 2.75) is 63.9 Å². The van der Waals surface area contributed by atoms with Crippen LogP contribution in [0.25, 0.3) is 0 Å². The Morgan fingerprint density at radius 2 is 1.76 bits per heavy atom. The molecule has 1 fully saturated rings. The molecule has 0 saturated heterocycles. The van der Waals surface area contributed by atoms with Gasteiger partial charge < -0.3 is 4.74 Å². The number of unbranched alkanes of at least 4 members (excludes halogenated alkanes) is 1. The number of hydrogen-bond donors (Lipinski definition) is 0. The van der Waals surface area contributed by atoms with E-state index in [0.29, 0.717) is 5.92 Å². The number of nitrogens with zero attached hydrogens (tertiary/aromatic N) is 1. The van der Waals surface area contributed by atoms with E-state index in [4.69, 9.17) is 10.00 Å². The SMILES string of the molecule is CCCC[C@H]1CC[C@H](c2ccc(C(F)(F)Oc3ccc(C#N)c(F)c3)cc2)CC1. The first kappa shape index (κ1) is 21.2. The highest BCUT2D eigenvalue weighted by Crippen LogP contribution is 2.39. The summed E-state index contributed by atoms with van der Waals surface area (Å²) in [6.07, 6.45) is 4.83. The molecule has 0 aromatic heterocycles. The Bertz CT molecular complexity index is 849. The Balaban J connectivity index is 1.63. The fourth-order valence-electron chi connectivity index (χ4n) is 4.08. The lowest BCUT2D eigenvalue weighted by atomic mass is 9.77. The molecule has 3 rings (SSSR count). The lowest BCUT2D eigenvalue weighted by Crippen LogP contribution is -2.22. The lowest BCUT2D eigenvalue weighted by Gasteiger charge is -2.29. The van der Waals surface area contributed by atoms with E-state index in [9.17, 15) is 13.2 Å². The van der Waals surface area contributed by atoms with Crippen molar-refractivity contribution in [2.24, 2.45) is 5.92 Å². The number of halogens is 3. The maximum absolute atomic E-state index is 14.5. The Morgan fingerprint density at radius 3 is 2.34 bits per heavy atom. The van der Waals surface area contributed by atoms with Gasteiger partial charge in [-0.05, 0) is 67.3 Å². The van der Waals surface area contributed by atoms with Crippen LogP contribution in [0.2, 0.25) is 0 Å². The molecule has 0 heterocycles. The van der Waals surface area contributed by atoms with Crippen LogP contribution in [0.1, 0.15) is 74.5 Å². The van der Waals surface area contributed by atoms with Crippen molar-refractivity contribution in [1.29, 1.82) is 5.26 Å². The highest BCUT2D eigenvalue weighted by Gasteiger charge is 2.35. The second kappa shape index (κ2) is 9.35. The fourth-order valence-corrected chi connectivity index (χ4v) is 4.08. The summed E-state index contributed by atoms with van der Waals surface area (Å²) in [7, 11) is 0. The molecule has 5 heteroatoms. The molecule has 2 aromatic carbocycles. The molecule has 0 radical (unpaired) electrons. The minimum Gasteiger partial charge on any atom is -0.429 e. The number of hydrogen-bond acceptors (Lipinski definition) is 2. The van der Waals surface area contributed by atoms with Gasteiger partial charge in [0.1, 0.15) is 17.6 Å². The normalized spacial score (nSPS) is 19.6. The summed E-state index contributed by atoms with van der Waals surface area (Å²) in [4.78, 5) is 0. The summed E-state index contributed by atoms with van der Waals surface area (Å²) in [5, 5.41) is 8.73. The van der Waals surface area contributed by atoms with Gasteiger partial charge in [0.2, 0.25) is 0 Å². The second-order valence-electron chi connectivity index (χ2n) is 7.85. The van der Waals surface area contributed by atoms with Crippen LogP contribution < -0.4 is 4.74 Å². The van der Waals surface area contributed by atoms with E-state index >= 15 is 0 Å². The molecule has 0 N–H and O–H groups in total. The van der Waals surface area contributed by atoms with Crippen LogP contribution in [0.4, 0.5) is 13.2 Å². The van der Waals surface area contributed by atoms with Crippen molar-refractivity contribution in [3.8, 4) is 11.8 Å². The average molecular weight is 401 g/mol. The van der Waals surface area contributed by atoms with Crippen molar-refractivity contribution >= 4 is 0 Å². The van der Waals surface area contributed by atoms with Crippen molar-refractivity contribution < 1.29 is 17.9 Å². The fraction of sp³-hybridized carbons (Fsp3) is 0.458. The zero-order chi connectivity index (χ0) is 20.9. The minimum atomic E-state index is -3.59. The first-order valence-electron chi connectivity index (χ1n) is 10.3. The molecule has 0 atom stereocenters. The van der Waals surface area contributed by atoms with Crippen LogP contribution in [0.5, 0.6) is 5.75 Å². The summed E-state index contributed by atoms with van der Waals surface area (Å²) in [5.41, 5.74) is 0.597. The standard InChI is InChI=1S/C24H26F3NO/c1-2-3-4-17-5-7-18(8-6-17)19-9-12-21(13-10-19)24(26,27)29-22-14-11-20(16-28)23(25)15-22/h9-15,17-18H,2-8H2,1H3/t17-,18-. The van der Waals surface area contributed by atoms with E-state index in [0.717, 1.165) is 36.5 Å². The summed E-state index contributed by atoms with van der Waals surface area (Å²) in [6.45, 7) is 2.21. The number of ether oxygens (including phenoxy) is 1. The van der Waals surface area contributed by atoms with Gasteiger partial charge in [0.25, 0.3) is 0 Å². The summed E-state index contributed by atoms with van der Waals surface area (Å²) >= 11 is 0. The molecule has 2 aromatic rings. The predicted octanol–water partition coefficient (Wildman–Crippen LogP) is 7.29. The molecule has 0 amide bonds. The molecule has 0 aliphatic heterocycles. The molecule has 154 valence electrons. The maximum atomic E-state index is 14.5. The Hall–Kier alpha value is -2.48. The van der Waals surface area contributed by atoms with Gasteiger partial charge in [0, 0.05) is 6.07 Å². The number of alkyl halides is 2. The molecule has 2 nitrogen and oxygen atoms in total. The molecular formula is C24H26F3NO. The third-order valence-corrected chi connectivity index (χ3v) is 5.84. The topological polar surface area (TPSA) is 33.0 Å². The summed E-state index contributed by atoms with van der Waals surface area (Å²) in [5.74, 6) is 0.0202. The monoisotopic (exact) mass is 401 g/mol. The van der Waals surface area contributed by atoms with Gasteiger partial charge in [0.15, 0.2) is 0 Å². The molecule has 0 bridgehead atoms. The van der Waals surface area contributed by atoms with E-state index in [2.05, 4.69) is 6.92 Å². The predicted molar refractivity (Wildman–Crippen MR) is 106 cm³/mol. The molecule has 1 aliphatic rings. The Kier molecular flexibility index (Phi) is 6.84. The Morgan fingerprint density at radius 1 is 1.07 bits per heavy atom. The molecule has 0 spiro atoms. The van der Waals surface area contributed by atoms with E-state index in [1.54, 1.807) is 18.2 Å². The van der Waals surface area contributed by atoms with Crippen molar-refractivity contribution in [1.82, 2.24) is 0 Å². The second-order valence-corrected chi connectivity index (χ2v) is 7.85. The first-order chi connectivity index (χ1) is 13.9. The highest BCUT2D eigenvalue weighted by atomic mass is 19.3. The number of benzene rings is 2. The Labute approximate surface area is 170 Å². The largest absolute Gasteiger partial charge is 0.429 e. The third kappa shape index (κ3) is 5.32. The van der Waals surface area contributed by atoms with Crippen LogP contribution >= 0.6 is 0 Å². The van der Waals surface area contributed by atoms with E-state index in [1.165, 1.54) is 50.3 Å². The van der Waals surface area contributed by atoms with Crippen molar-refractivity contribution in [2.75, 3.05) is 0 Å². The number of rotatable bonds is 7. The first-order valence-corrected chi connectivity index (χ1v) is 10.3. The quantitative estimate of drug-likeness (QED) is 0.488. The van der Waals surface area contributed by atoms with Gasteiger partial charge in [0.05, 0.1) is 11.1 Å². The lowest BCUT2D eigenvalue weighted by molar-refractivity contribution is -0.185. The highest BCUT2D eigenvalue weighted by molar-refractivity contribution is 5.37. The van der Waals surface area contributed by atoms with Crippen LogP contribution in [0, 0.1) is 23.1 Å². The molecule has 1 aliphatic carbocycles. The van der Waals surface area contributed by atoms with Crippen LogP contribution in [-0.4, -0.2) is 0 Å². The van der Waals surface area contributed by atoms with Gasteiger partial charge in [-0.3, -0.25) is 0 Å². The van der Waals surface area contributed by atoms with Crippen molar-refractivity contribution in [3.63, 3.8) is 0 Å². The number of nitriles is 1.